The molecule has 0 fully saturated rings. The lowest BCUT2D eigenvalue weighted by molar-refractivity contribution is 0.259. The lowest BCUT2D eigenvalue weighted by atomic mass is 10.2. The van der Waals surface area contributed by atoms with E-state index in [2.05, 4.69) is 23.7 Å². The average molecular weight is 292 g/mol. The molecule has 0 aliphatic heterocycles. The molecule has 0 aromatic heterocycles. The Balaban J connectivity index is 2.68. The first-order valence-corrected chi connectivity index (χ1v) is 7.48. The summed E-state index contributed by atoms with van der Waals surface area (Å²) < 4.78 is 5.83. The zero-order valence-corrected chi connectivity index (χ0v) is 13.7. The molecule has 1 aromatic carbocycles. The standard InChI is InChI=1S/C16H28N4O/c1-5-20(6-2)16(17)18-13-14-9-7-8-10-15(14)21-12-11-19(3)4/h7-10H,5-6,11-13H2,1-4H3,(H2,17,18). The van der Waals surface area contributed by atoms with Crippen molar-refractivity contribution in [2.75, 3.05) is 40.3 Å². The minimum Gasteiger partial charge on any atom is -0.492 e. The van der Waals surface area contributed by atoms with E-state index in [-0.39, 0.29) is 0 Å². The molecule has 0 unspecified atom stereocenters. The number of nitrogens with zero attached hydrogens (tertiary/aromatic N) is 3. The van der Waals surface area contributed by atoms with Crippen LogP contribution in [0.5, 0.6) is 5.75 Å². The highest BCUT2D eigenvalue weighted by Gasteiger charge is 2.05. The van der Waals surface area contributed by atoms with E-state index >= 15 is 0 Å². The molecule has 1 rings (SSSR count). The van der Waals surface area contributed by atoms with Crippen LogP contribution in [0.15, 0.2) is 29.3 Å². The molecule has 5 nitrogen and oxygen atoms in total. The molecule has 0 aliphatic carbocycles. The fraction of sp³-hybridized carbons (Fsp3) is 0.562. The maximum Gasteiger partial charge on any atom is 0.191 e. The summed E-state index contributed by atoms with van der Waals surface area (Å²) in [6.07, 6.45) is 0. The number of ether oxygens (including phenoxy) is 1. The molecular formula is C16H28N4O. The van der Waals surface area contributed by atoms with Gasteiger partial charge in [-0.05, 0) is 34.0 Å². The molecule has 0 saturated carbocycles. The second kappa shape index (κ2) is 9.23. The molecule has 0 atom stereocenters. The van der Waals surface area contributed by atoms with Gasteiger partial charge in [0.25, 0.3) is 0 Å². The third kappa shape index (κ3) is 6.04. The summed E-state index contributed by atoms with van der Waals surface area (Å²) in [6, 6.07) is 7.99. The fourth-order valence-corrected chi connectivity index (χ4v) is 1.93. The highest BCUT2D eigenvalue weighted by molar-refractivity contribution is 5.78. The van der Waals surface area contributed by atoms with Crippen LogP contribution in [-0.2, 0) is 6.54 Å². The van der Waals surface area contributed by atoms with Gasteiger partial charge in [-0.3, -0.25) is 0 Å². The van der Waals surface area contributed by atoms with Crippen LogP contribution in [0.2, 0.25) is 0 Å². The van der Waals surface area contributed by atoms with Crippen molar-refractivity contribution in [1.29, 1.82) is 0 Å². The fourth-order valence-electron chi connectivity index (χ4n) is 1.93. The second-order valence-electron chi connectivity index (χ2n) is 5.11. The highest BCUT2D eigenvalue weighted by atomic mass is 16.5. The lowest BCUT2D eigenvalue weighted by Crippen LogP contribution is -2.37. The van der Waals surface area contributed by atoms with Crippen molar-refractivity contribution in [2.45, 2.75) is 20.4 Å². The number of likely N-dealkylation sites (N-methyl/N-ethyl adjacent to an activating group) is 1. The maximum absolute atomic E-state index is 6.01. The van der Waals surface area contributed by atoms with Gasteiger partial charge in [0, 0.05) is 25.2 Å². The van der Waals surface area contributed by atoms with Crippen LogP contribution in [0.4, 0.5) is 0 Å². The van der Waals surface area contributed by atoms with E-state index in [0.29, 0.717) is 19.1 Å². The van der Waals surface area contributed by atoms with Crippen LogP contribution in [0.25, 0.3) is 0 Å². The summed E-state index contributed by atoms with van der Waals surface area (Å²) >= 11 is 0. The topological polar surface area (TPSA) is 54.1 Å². The number of benzene rings is 1. The van der Waals surface area contributed by atoms with E-state index in [0.717, 1.165) is 30.9 Å². The van der Waals surface area contributed by atoms with E-state index in [4.69, 9.17) is 10.5 Å². The van der Waals surface area contributed by atoms with E-state index in [1.807, 2.05) is 43.3 Å². The summed E-state index contributed by atoms with van der Waals surface area (Å²) in [5.41, 5.74) is 7.07. The van der Waals surface area contributed by atoms with Gasteiger partial charge in [-0.15, -0.1) is 0 Å². The van der Waals surface area contributed by atoms with Crippen LogP contribution in [0.1, 0.15) is 19.4 Å². The van der Waals surface area contributed by atoms with Gasteiger partial charge in [-0.25, -0.2) is 4.99 Å². The lowest BCUT2D eigenvalue weighted by Gasteiger charge is -2.19. The number of guanidine groups is 1. The molecule has 0 aliphatic rings. The number of rotatable bonds is 8. The van der Waals surface area contributed by atoms with E-state index < -0.39 is 0 Å². The number of nitrogens with two attached hydrogens (primary N) is 1. The first kappa shape index (κ1) is 17.3. The molecule has 0 heterocycles. The van der Waals surface area contributed by atoms with Crippen LogP contribution < -0.4 is 10.5 Å². The van der Waals surface area contributed by atoms with Crippen LogP contribution in [-0.4, -0.2) is 56.1 Å². The van der Waals surface area contributed by atoms with Crippen LogP contribution in [0, 0.1) is 0 Å². The van der Waals surface area contributed by atoms with Gasteiger partial charge in [0.05, 0.1) is 6.54 Å². The summed E-state index contributed by atoms with van der Waals surface area (Å²) in [4.78, 5) is 8.60. The van der Waals surface area contributed by atoms with Crippen molar-refractivity contribution in [3.63, 3.8) is 0 Å². The number of hydrogen-bond donors (Lipinski definition) is 1. The Morgan fingerprint density at radius 2 is 1.86 bits per heavy atom. The first-order valence-electron chi connectivity index (χ1n) is 7.48. The van der Waals surface area contributed by atoms with Gasteiger partial charge < -0.3 is 20.3 Å². The van der Waals surface area contributed by atoms with Gasteiger partial charge >= 0.3 is 0 Å². The van der Waals surface area contributed by atoms with Gasteiger partial charge in [0.1, 0.15) is 12.4 Å². The molecule has 0 saturated heterocycles. The monoisotopic (exact) mass is 292 g/mol. The van der Waals surface area contributed by atoms with Gasteiger partial charge in [-0.2, -0.15) is 0 Å². The Morgan fingerprint density at radius 1 is 1.19 bits per heavy atom. The average Bonchev–Trinajstić information content (AvgIpc) is 2.47. The normalized spacial score (nSPS) is 11.8. The van der Waals surface area contributed by atoms with Crippen molar-refractivity contribution >= 4 is 5.96 Å². The van der Waals surface area contributed by atoms with E-state index in [1.54, 1.807) is 0 Å². The van der Waals surface area contributed by atoms with Gasteiger partial charge in [0.15, 0.2) is 5.96 Å². The summed E-state index contributed by atoms with van der Waals surface area (Å²) in [5.74, 6) is 1.47. The van der Waals surface area contributed by atoms with Crippen molar-refractivity contribution in [1.82, 2.24) is 9.80 Å². The molecule has 0 amide bonds. The maximum atomic E-state index is 6.01. The Hall–Kier alpha value is -1.75. The molecule has 118 valence electrons. The third-order valence-corrected chi connectivity index (χ3v) is 3.27. The zero-order valence-electron chi connectivity index (χ0n) is 13.7. The molecular weight excluding hydrogens is 264 g/mol. The Morgan fingerprint density at radius 3 is 2.48 bits per heavy atom. The number of aliphatic imine (C=N–C) groups is 1. The molecule has 1 aromatic rings. The van der Waals surface area contributed by atoms with E-state index in [1.165, 1.54) is 0 Å². The van der Waals surface area contributed by atoms with E-state index in [9.17, 15) is 0 Å². The van der Waals surface area contributed by atoms with Crippen LogP contribution >= 0.6 is 0 Å². The Kier molecular flexibility index (Phi) is 7.61. The van der Waals surface area contributed by atoms with Crippen LogP contribution in [0.3, 0.4) is 0 Å². The summed E-state index contributed by atoms with van der Waals surface area (Å²) in [6.45, 7) is 7.98. The Bertz CT molecular complexity index is 442. The highest BCUT2D eigenvalue weighted by Crippen LogP contribution is 2.18. The second-order valence-corrected chi connectivity index (χ2v) is 5.11. The molecule has 0 radical (unpaired) electrons. The Labute approximate surface area is 128 Å². The van der Waals surface area contributed by atoms with Crippen molar-refractivity contribution in [3.8, 4) is 5.75 Å². The largest absolute Gasteiger partial charge is 0.492 e. The molecule has 5 heteroatoms. The minimum absolute atomic E-state index is 0.542. The third-order valence-electron chi connectivity index (χ3n) is 3.27. The predicted molar refractivity (Wildman–Crippen MR) is 88.7 cm³/mol. The van der Waals surface area contributed by atoms with Crippen molar-refractivity contribution in [2.24, 2.45) is 10.7 Å². The molecule has 0 spiro atoms. The molecule has 21 heavy (non-hydrogen) atoms. The number of para-hydroxylation sites is 1. The van der Waals surface area contributed by atoms with Gasteiger partial charge in [-0.1, -0.05) is 18.2 Å². The molecule has 0 bridgehead atoms. The van der Waals surface area contributed by atoms with Gasteiger partial charge in [0.2, 0.25) is 0 Å². The summed E-state index contributed by atoms with van der Waals surface area (Å²) in [7, 11) is 4.06. The number of hydrogen-bond acceptors (Lipinski definition) is 3. The van der Waals surface area contributed by atoms with Crippen molar-refractivity contribution < 1.29 is 4.74 Å². The smallest absolute Gasteiger partial charge is 0.191 e. The minimum atomic E-state index is 0.542. The predicted octanol–water partition coefficient (Wildman–Crippen LogP) is 1.78. The van der Waals surface area contributed by atoms with Crippen molar-refractivity contribution in [3.05, 3.63) is 29.8 Å². The molecule has 2 N–H and O–H groups in total. The quantitative estimate of drug-likeness (QED) is 0.586. The zero-order chi connectivity index (χ0) is 15.7. The SMILES string of the molecule is CCN(CC)C(N)=NCc1ccccc1OCCN(C)C. The summed E-state index contributed by atoms with van der Waals surface area (Å²) in [5, 5.41) is 0. The first-order chi connectivity index (χ1) is 10.1.